The third-order valence-corrected chi connectivity index (χ3v) is 4.10. The van der Waals surface area contributed by atoms with Crippen LogP contribution in [0.5, 0.6) is 0 Å². The van der Waals surface area contributed by atoms with Crippen molar-refractivity contribution in [2.24, 2.45) is 0 Å². The Morgan fingerprint density at radius 1 is 0.950 bits per heavy atom. The second kappa shape index (κ2) is 5.35. The van der Waals surface area contributed by atoms with Gasteiger partial charge >= 0.3 is 0 Å². The largest absolute Gasteiger partial charge is 0.319 e. The number of hydrogen-bond acceptors (Lipinski definition) is 2. The van der Waals surface area contributed by atoms with Crippen molar-refractivity contribution in [3.63, 3.8) is 0 Å². The number of hydrogen-bond donors (Lipinski definition) is 1. The van der Waals surface area contributed by atoms with Crippen LogP contribution >= 0.6 is 23.8 Å². The summed E-state index contributed by atoms with van der Waals surface area (Å²) in [5.74, 6) is -0.494. The minimum Gasteiger partial charge on any atom is -0.319 e. The summed E-state index contributed by atoms with van der Waals surface area (Å²) in [6.45, 7) is 0. The van der Waals surface area contributed by atoms with Crippen molar-refractivity contribution in [1.82, 2.24) is 5.32 Å². The van der Waals surface area contributed by atoms with Crippen LogP contribution in [-0.4, -0.2) is 10.9 Å². The highest BCUT2D eigenvalue weighted by Crippen LogP contribution is 2.38. The average molecular weight is 302 g/mol. The van der Waals surface area contributed by atoms with Gasteiger partial charge in [-0.25, -0.2) is 0 Å². The Kier molecular flexibility index (Phi) is 3.55. The first kappa shape index (κ1) is 13.3. The molecule has 1 fully saturated rings. The zero-order valence-corrected chi connectivity index (χ0v) is 12.1. The van der Waals surface area contributed by atoms with Crippen LogP contribution in [0.4, 0.5) is 0 Å². The van der Waals surface area contributed by atoms with E-state index in [1.807, 2.05) is 54.6 Å². The van der Waals surface area contributed by atoms with Crippen LogP contribution in [0.15, 0.2) is 54.6 Å². The fourth-order valence-corrected chi connectivity index (χ4v) is 3.20. The van der Waals surface area contributed by atoms with Crippen LogP contribution in [0.2, 0.25) is 5.02 Å². The Morgan fingerprint density at radius 2 is 1.65 bits per heavy atom. The van der Waals surface area contributed by atoms with Gasteiger partial charge in [0.2, 0.25) is 5.91 Å². The van der Waals surface area contributed by atoms with Gasteiger partial charge in [0.1, 0.15) is 0 Å². The highest BCUT2D eigenvalue weighted by Gasteiger charge is 2.40. The molecule has 1 heterocycles. The Bertz CT molecular complexity index is 671. The molecule has 2 aromatic carbocycles. The first-order valence-corrected chi connectivity index (χ1v) is 7.10. The third-order valence-electron chi connectivity index (χ3n) is 3.51. The Labute approximate surface area is 127 Å². The van der Waals surface area contributed by atoms with E-state index in [1.54, 1.807) is 0 Å². The van der Waals surface area contributed by atoms with Gasteiger partial charge in [-0.05, 0) is 23.3 Å². The fourth-order valence-electron chi connectivity index (χ4n) is 2.63. The molecule has 2 aromatic rings. The minimum absolute atomic E-state index is 0.0498. The molecule has 0 radical (unpaired) electrons. The van der Waals surface area contributed by atoms with E-state index in [1.165, 1.54) is 0 Å². The lowest BCUT2D eigenvalue weighted by Gasteiger charge is -2.17. The van der Waals surface area contributed by atoms with Gasteiger partial charge in [-0.1, -0.05) is 66.3 Å². The first-order chi connectivity index (χ1) is 9.66. The molecule has 20 heavy (non-hydrogen) atoms. The zero-order chi connectivity index (χ0) is 14.1. The lowest BCUT2D eigenvalue weighted by Crippen LogP contribution is -2.20. The lowest BCUT2D eigenvalue weighted by molar-refractivity contribution is -0.120. The quantitative estimate of drug-likeness (QED) is 0.858. The van der Waals surface area contributed by atoms with E-state index in [0.29, 0.717) is 10.0 Å². The fraction of sp³-hybridized carbons (Fsp3) is 0.125. The van der Waals surface area contributed by atoms with Crippen molar-refractivity contribution in [2.75, 3.05) is 0 Å². The zero-order valence-electron chi connectivity index (χ0n) is 10.5. The van der Waals surface area contributed by atoms with Gasteiger partial charge in [-0.3, -0.25) is 4.79 Å². The maximum Gasteiger partial charge on any atom is 0.233 e. The van der Waals surface area contributed by atoms with E-state index in [-0.39, 0.29) is 17.7 Å². The van der Waals surface area contributed by atoms with Crippen molar-refractivity contribution >= 4 is 34.7 Å². The van der Waals surface area contributed by atoms with Crippen LogP contribution in [0.3, 0.4) is 0 Å². The summed E-state index contributed by atoms with van der Waals surface area (Å²) in [6.07, 6.45) is 0. The standard InChI is InChI=1S/C16H12ClNOS/c17-12-8-4-7-11(9-12)14-13(15(19)18-16(14)20)10-5-2-1-3-6-10/h1-9,13-14H,(H,18,19,20). The second-order valence-electron chi connectivity index (χ2n) is 4.77. The summed E-state index contributed by atoms with van der Waals surface area (Å²) in [7, 11) is 0. The van der Waals surface area contributed by atoms with E-state index < -0.39 is 0 Å². The molecule has 1 saturated heterocycles. The molecule has 2 nitrogen and oxygen atoms in total. The van der Waals surface area contributed by atoms with E-state index in [9.17, 15) is 4.79 Å². The molecule has 0 bridgehead atoms. The molecular formula is C16H12ClNOS. The SMILES string of the molecule is O=C1NC(=S)C(c2cccc(Cl)c2)C1c1ccccc1. The molecule has 1 aliphatic heterocycles. The molecule has 0 aliphatic carbocycles. The second-order valence-corrected chi connectivity index (χ2v) is 5.65. The van der Waals surface area contributed by atoms with Crippen molar-refractivity contribution in [3.8, 4) is 0 Å². The summed E-state index contributed by atoms with van der Waals surface area (Å²) in [4.78, 5) is 12.8. The Balaban J connectivity index is 2.07. The molecule has 1 N–H and O–H groups in total. The Morgan fingerprint density at radius 3 is 2.35 bits per heavy atom. The highest BCUT2D eigenvalue weighted by atomic mass is 35.5. The smallest absolute Gasteiger partial charge is 0.233 e. The van der Waals surface area contributed by atoms with Crippen LogP contribution in [-0.2, 0) is 4.79 Å². The van der Waals surface area contributed by atoms with Gasteiger partial charge < -0.3 is 5.32 Å². The van der Waals surface area contributed by atoms with Gasteiger partial charge in [0.25, 0.3) is 0 Å². The summed E-state index contributed by atoms with van der Waals surface area (Å²) in [6, 6.07) is 17.2. The molecule has 1 aliphatic rings. The van der Waals surface area contributed by atoms with Gasteiger partial charge in [-0.15, -0.1) is 0 Å². The summed E-state index contributed by atoms with van der Waals surface area (Å²) in [5, 5.41) is 3.43. The number of carbonyl (C=O) groups excluding carboxylic acids is 1. The molecule has 1 amide bonds. The maximum absolute atomic E-state index is 12.2. The van der Waals surface area contributed by atoms with Crippen LogP contribution in [0.25, 0.3) is 0 Å². The molecule has 2 unspecified atom stereocenters. The minimum atomic E-state index is -0.290. The van der Waals surface area contributed by atoms with E-state index in [2.05, 4.69) is 5.32 Å². The van der Waals surface area contributed by atoms with Gasteiger partial charge in [0.05, 0.1) is 16.8 Å². The number of halogens is 1. The third kappa shape index (κ3) is 2.35. The number of thiocarbonyl (C=S) groups is 1. The maximum atomic E-state index is 12.2. The van der Waals surface area contributed by atoms with Crippen LogP contribution in [0.1, 0.15) is 23.0 Å². The monoisotopic (exact) mass is 301 g/mol. The highest BCUT2D eigenvalue weighted by molar-refractivity contribution is 7.80. The topological polar surface area (TPSA) is 29.1 Å². The van der Waals surface area contributed by atoms with Gasteiger partial charge in [-0.2, -0.15) is 0 Å². The number of carbonyl (C=O) groups is 1. The van der Waals surface area contributed by atoms with Gasteiger partial charge in [0.15, 0.2) is 0 Å². The lowest BCUT2D eigenvalue weighted by atomic mass is 9.83. The number of benzene rings is 2. The summed E-state index contributed by atoms with van der Waals surface area (Å²) in [5.41, 5.74) is 1.93. The van der Waals surface area contributed by atoms with Crippen molar-refractivity contribution < 1.29 is 4.79 Å². The molecule has 100 valence electrons. The van der Waals surface area contributed by atoms with E-state index >= 15 is 0 Å². The average Bonchev–Trinajstić information content (AvgIpc) is 2.74. The predicted octanol–water partition coefficient (Wildman–Crippen LogP) is 3.66. The summed E-state index contributed by atoms with van der Waals surface area (Å²) < 4.78 is 0. The molecule has 0 saturated carbocycles. The molecular weight excluding hydrogens is 290 g/mol. The normalized spacial score (nSPS) is 21.9. The van der Waals surface area contributed by atoms with E-state index in [4.69, 9.17) is 23.8 Å². The van der Waals surface area contributed by atoms with E-state index in [0.717, 1.165) is 11.1 Å². The number of amides is 1. The number of nitrogens with one attached hydrogen (secondary N) is 1. The van der Waals surface area contributed by atoms with Crippen LogP contribution < -0.4 is 5.32 Å². The molecule has 0 aromatic heterocycles. The van der Waals surface area contributed by atoms with Crippen molar-refractivity contribution in [3.05, 3.63) is 70.7 Å². The molecule has 0 spiro atoms. The molecule has 4 heteroatoms. The van der Waals surface area contributed by atoms with Crippen molar-refractivity contribution in [1.29, 1.82) is 0 Å². The van der Waals surface area contributed by atoms with Crippen LogP contribution in [0, 0.1) is 0 Å². The molecule has 3 rings (SSSR count). The van der Waals surface area contributed by atoms with Gasteiger partial charge in [0, 0.05) is 5.02 Å². The summed E-state index contributed by atoms with van der Waals surface area (Å²) >= 11 is 11.4. The number of rotatable bonds is 2. The van der Waals surface area contributed by atoms with Crippen molar-refractivity contribution in [2.45, 2.75) is 11.8 Å². The molecule has 2 atom stereocenters. The predicted molar refractivity (Wildman–Crippen MR) is 84.1 cm³/mol. The Hall–Kier alpha value is -1.71. The first-order valence-electron chi connectivity index (χ1n) is 6.32.